The Hall–Kier alpha value is -1.98. The molecule has 1 heterocycles. The molecular weight excluding hydrogens is 612 g/mol. The van der Waals surface area contributed by atoms with Crippen LogP contribution in [0.15, 0.2) is 48.9 Å². The van der Waals surface area contributed by atoms with Gasteiger partial charge < -0.3 is 9.64 Å². The second kappa shape index (κ2) is 11.8. The van der Waals surface area contributed by atoms with Gasteiger partial charge in [0.25, 0.3) is 11.6 Å². The molecule has 1 aliphatic rings. The standard InChI is InChI=1S/C21H21Br3N4O4/c22-15-10-17(23)21(18(24)11-15)32-13-20(29)26-25-12-14-9-16(28(30)31)5-6-19(14)27-7-3-1-2-4-8-27/h5-6,9-12H,1-4,7-8,13H2,(H,26,29)/b25-12-. The van der Waals surface area contributed by atoms with Crippen LogP contribution in [0.3, 0.4) is 0 Å². The van der Waals surface area contributed by atoms with Gasteiger partial charge in [-0.2, -0.15) is 5.10 Å². The molecule has 1 fully saturated rings. The van der Waals surface area contributed by atoms with Gasteiger partial charge in [-0.25, -0.2) is 5.43 Å². The minimum Gasteiger partial charge on any atom is -0.481 e. The van der Waals surface area contributed by atoms with Crippen LogP contribution in [0.4, 0.5) is 11.4 Å². The van der Waals surface area contributed by atoms with Crippen molar-refractivity contribution < 1.29 is 14.5 Å². The van der Waals surface area contributed by atoms with Crippen LogP contribution in [0.1, 0.15) is 31.2 Å². The van der Waals surface area contributed by atoms with Crippen LogP contribution in [0.2, 0.25) is 0 Å². The molecule has 0 saturated carbocycles. The number of hydrogen-bond donors (Lipinski definition) is 1. The van der Waals surface area contributed by atoms with Crippen molar-refractivity contribution in [2.24, 2.45) is 5.10 Å². The topological polar surface area (TPSA) is 97.1 Å². The average Bonchev–Trinajstić information content (AvgIpc) is 3.02. The monoisotopic (exact) mass is 630 g/mol. The predicted molar refractivity (Wildman–Crippen MR) is 135 cm³/mol. The van der Waals surface area contributed by atoms with Crippen molar-refractivity contribution in [3.63, 3.8) is 0 Å². The molecule has 1 amide bonds. The molecule has 0 atom stereocenters. The lowest BCUT2D eigenvalue weighted by atomic mass is 10.1. The number of nitrogens with zero attached hydrogens (tertiary/aromatic N) is 3. The number of rotatable bonds is 7. The number of benzene rings is 2. The van der Waals surface area contributed by atoms with Gasteiger partial charge in [-0.15, -0.1) is 0 Å². The molecule has 8 nitrogen and oxygen atoms in total. The third-order valence-corrected chi connectivity index (χ3v) is 6.51. The number of hydrazone groups is 1. The van der Waals surface area contributed by atoms with E-state index < -0.39 is 10.8 Å². The Bertz CT molecular complexity index is 1000. The van der Waals surface area contributed by atoms with Crippen LogP contribution in [0, 0.1) is 10.1 Å². The summed E-state index contributed by atoms with van der Waals surface area (Å²) in [5.41, 5.74) is 3.85. The second-order valence-electron chi connectivity index (χ2n) is 7.18. The van der Waals surface area contributed by atoms with Crippen molar-refractivity contribution in [1.29, 1.82) is 0 Å². The highest BCUT2D eigenvalue weighted by atomic mass is 79.9. The SMILES string of the molecule is O=C(COc1c(Br)cc(Br)cc1Br)N/N=C\c1cc([N+](=O)[O-])ccc1N1CCCCCC1. The molecule has 2 aromatic rings. The Kier molecular flexibility index (Phi) is 9.06. The van der Waals surface area contributed by atoms with Crippen molar-refractivity contribution in [2.45, 2.75) is 25.7 Å². The van der Waals surface area contributed by atoms with Crippen molar-refractivity contribution in [1.82, 2.24) is 5.43 Å². The van der Waals surface area contributed by atoms with Crippen molar-refractivity contribution in [3.8, 4) is 5.75 Å². The van der Waals surface area contributed by atoms with Crippen molar-refractivity contribution >= 4 is 71.3 Å². The highest BCUT2D eigenvalue weighted by Crippen LogP contribution is 2.36. The summed E-state index contributed by atoms with van der Waals surface area (Å²) in [6.45, 7) is 1.52. The zero-order valence-electron chi connectivity index (χ0n) is 17.0. The molecule has 1 saturated heterocycles. The van der Waals surface area contributed by atoms with Crippen LogP contribution in [-0.4, -0.2) is 36.7 Å². The number of nitrogens with one attached hydrogen (secondary N) is 1. The molecule has 0 radical (unpaired) electrons. The maximum atomic E-state index is 12.2. The Morgan fingerprint density at radius 1 is 1.12 bits per heavy atom. The lowest BCUT2D eigenvalue weighted by Gasteiger charge is -2.24. The predicted octanol–water partition coefficient (Wildman–Crippen LogP) is 5.79. The van der Waals surface area contributed by atoms with Gasteiger partial charge in [-0.3, -0.25) is 14.9 Å². The number of nitro groups is 1. The van der Waals surface area contributed by atoms with Crippen LogP contribution in [0.5, 0.6) is 5.75 Å². The summed E-state index contributed by atoms with van der Waals surface area (Å²) in [5.74, 6) is 0.0409. The number of non-ortho nitro benzene ring substituents is 1. The fourth-order valence-electron chi connectivity index (χ4n) is 3.37. The molecule has 2 aromatic carbocycles. The van der Waals surface area contributed by atoms with E-state index in [-0.39, 0.29) is 12.3 Å². The van der Waals surface area contributed by atoms with E-state index in [1.54, 1.807) is 6.07 Å². The van der Waals surface area contributed by atoms with Gasteiger partial charge in [0.1, 0.15) is 5.75 Å². The normalized spacial score (nSPS) is 14.3. The highest BCUT2D eigenvalue weighted by Gasteiger charge is 2.16. The molecule has 32 heavy (non-hydrogen) atoms. The molecule has 0 spiro atoms. The molecule has 3 rings (SSSR count). The third kappa shape index (κ3) is 6.76. The summed E-state index contributed by atoms with van der Waals surface area (Å²) in [7, 11) is 0. The number of hydrogen-bond acceptors (Lipinski definition) is 6. The third-order valence-electron chi connectivity index (χ3n) is 4.87. The van der Waals surface area contributed by atoms with E-state index in [1.807, 2.05) is 12.1 Å². The lowest BCUT2D eigenvalue weighted by molar-refractivity contribution is -0.384. The fourth-order valence-corrected chi connectivity index (χ4v) is 5.86. The first-order valence-electron chi connectivity index (χ1n) is 9.98. The maximum absolute atomic E-state index is 12.2. The maximum Gasteiger partial charge on any atom is 0.277 e. The Morgan fingerprint density at radius 3 is 2.41 bits per heavy atom. The molecule has 0 aliphatic carbocycles. The fraction of sp³-hybridized carbons (Fsp3) is 0.333. The van der Waals surface area contributed by atoms with E-state index in [0.717, 1.165) is 36.1 Å². The number of amides is 1. The number of anilines is 1. The number of carbonyl (C=O) groups excluding carboxylic acids is 1. The summed E-state index contributed by atoms with van der Waals surface area (Å²) in [4.78, 5) is 25.2. The van der Waals surface area contributed by atoms with E-state index in [1.165, 1.54) is 31.2 Å². The van der Waals surface area contributed by atoms with Gasteiger partial charge >= 0.3 is 0 Å². The van der Waals surface area contributed by atoms with Gasteiger partial charge in [-0.05, 0) is 62.9 Å². The average molecular weight is 633 g/mol. The smallest absolute Gasteiger partial charge is 0.277 e. The number of halogens is 3. The van der Waals surface area contributed by atoms with Crippen molar-refractivity contribution in [3.05, 3.63) is 59.4 Å². The summed E-state index contributed by atoms with van der Waals surface area (Å²) in [5, 5.41) is 15.2. The number of nitro benzene ring substituents is 1. The zero-order valence-corrected chi connectivity index (χ0v) is 21.8. The van der Waals surface area contributed by atoms with E-state index >= 15 is 0 Å². The minimum atomic E-state index is -0.454. The minimum absolute atomic E-state index is 0.0235. The first-order valence-corrected chi connectivity index (χ1v) is 12.4. The molecule has 1 N–H and O–H groups in total. The van der Waals surface area contributed by atoms with E-state index in [4.69, 9.17) is 4.74 Å². The summed E-state index contributed by atoms with van der Waals surface area (Å²) in [6, 6.07) is 8.34. The Labute approximate surface area is 210 Å². The van der Waals surface area contributed by atoms with Crippen LogP contribution in [-0.2, 0) is 4.79 Å². The van der Waals surface area contributed by atoms with Crippen LogP contribution < -0.4 is 15.1 Å². The largest absolute Gasteiger partial charge is 0.481 e. The first-order chi connectivity index (χ1) is 15.3. The lowest BCUT2D eigenvalue weighted by Crippen LogP contribution is -2.26. The van der Waals surface area contributed by atoms with Gasteiger partial charge in [-0.1, -0.05) is 28.8 Å². The molecule has 170 valence electrons. The molecule has 0 unspecified atom stereocenters. The van der Waals surface area contributed by atoms with E-state index in [0.29, 0.717) is 20.3 Å². The molecule has 0 aromatic heterocycles. The van der Waals surface area contributed by atoms with Gasteiger partial charge in [0.05, 0.1) is 20.1 Å². The molecule has 11 heteroatoms. The van der Waals surface area contributed by atoms with Gasteiger partial charge in [0, 0.05) is 40.9 Å². The quantitative estimate of drug-likeness (QED) is 0.237. The summed E-state index contributed by atoms with van der Waals surface area (Å²) >= 11 is 10.2. The molecule has 0 bridgehead atoms. The Balaban J connectivity index is 1.68. The molecule has 1 aliphatic heterocycles. The zero-order chi connectivity index (χ0) is 23.1. The number of carbonyl (C=O) groups is 1. The van der Waals surface area contributed by atoms with Crippen molar-refractivity contribution in [2.75, 3.05) is 24.6 Å². The van der Waals surface area contributed by atoms with Crippen LogP contribution in [0.25, 0.3) is 0 Å². The van der Waals surface area contributed by atoms with E-state index in [2.05, 4.69) is 63.2 Å². The summed E-state index contributed by atoms with van der Waals surface area (Å²) in [6.07, 6.45) is 5.93. The summed E-state index contributed by atoms with van der Waals surface area (Å²) < 4.78 is 7.81. The van der Waals surface area contributed by atoms with Crippen LogP contribution >= 0.6 is 47.8 Å². The van der Waals surface area contributed by atoms with E-state index in [9.17, 15) is 14.9 Å². The number of ether oxygens (including phenoxy) is 1. The molecular formula is C21H21Br3N4O4. The second-order valence-corrected chi connectivity index (χ2v) is 9.81. The van der Waals surface area contributed by atoms with Gasteiger partial charge in [0.15, 0.2) is 6.61 Å². The highest BCUT2D eigenvalue weighted by molar-refractivity contribution is 9.11. The van der Waals surface area contributed by atoms with Gasteiger partial charge in [0.2, 0.25) is 0 Å². The first kappa shape index (κ1) is 24.7. The Morgan fingerprint density at radius 2 is 1.78 bits per heavy atom.